The number of benzene rings is 2. The van der Waals surface area contributed by atoms with Crippen molar-refractivity contribution in [2.75, 3.05) is 18.4 Å². The molecule has 3 rings (SSSR count). The first-order valence-corrected chi connectivity index (χ1v) is 8.78. The summed E-state index contributed by atoms with van der Waals surface area (Å²) < 4.78 is 0. The molecule has 0 aromatic heterocycles. The third-order valence-corrected chi connectivity index (χ3v) is 5.02. The number of likely N-dealkylation sites (tertiary alicyclic amines) is 1. The SMILES string of the molecule is Cc1ccccc1NC(=S)N1CCC(Cc2ccccc2)CC1. The molecule has 2 aromatic rings. The van der Waals surface area contributed by atoms with Crippen LogP contribution in [-0.4, -0.2) is 23.1 Å². The lowest BCUT2D eigenvalue weighted by molar-refractivity contribution is 0.268. The summed E-state index contributed by atoms with van der Waals surface area (Å²) in [5.74, 6) is 0.773. The zero-order valence-corrected chi connectivity index (χ0v) is 14.5. The summed E-state index contributed by atoms with van der Waals surface area (Å²) in [5.41, 5.74) is 3.80. The summed E-state index contributed by atoms with van der Waals surface area (Å²) >= 11 is 5.60. The zero-order chi connectivity index (χ0) is 16.1. The van der Waals surface area contributed by atoms with Crippen molar-refractivity contribution in [2.24, 2.45) is 5.92 Å². The van der Waals surface area contributed by atoms with Gasteiger partial charge in [-0.3, -0.25) is 0 Å². The molecule has 1 saturated heterocycles. The van der Waals surface area contributed by atoms with Crippen molar-refractivity contribution in [2.45, 2.75) is 26.2 Å². The minimum absolute atomic E-state index is 0.773. The summed E-state index contributed by atoms with van der Waals surface area (Å²) in [6.45, 7) is 4.21. The van der Waals surface area contributed by atoms with Gasteiger partial charge >= 0.3 is 0 Å². The Kier molecular flexibility index (Phi) is 5.29. The molecule has 2 nitrogen and oxygen atoms in total. The van der Waals surface area contributed by atoms with Crippen molar-refractivity contribution in [3.8, 4) is 0 Å². The third kappa shape index (κ3) is 4.32. The van der Waals surface area contributed by atoms with Crippen LogP contribution in [0.25, 0.3) is 0 Å². The summed E-state index contributed by atoms with van der Waals surface area (Å²) in [6, 6.07) is 19.1. The van der Waals surface area contributed by atoms with E-state index in [4.69, 9.17) is 12.2 Å². The number of anilines is 1. The van der Waals surface area contributed by atoms with Gasteiger partial charge in [-0.15, -0.1) is 0 Å². The van der Waals surface area contributed by atoms with E-state index in [0.717, 1.165) is 29.8 Å². The van der Waals surface area contributed by atoms with Crippen LogP contribution in [0.15, 0.2) is 54.6 Å². The molecular weight excluding hydrogens is 300 g/mol. The highest BCUT2D eigenvalue weighted by atomic mass is 32.1. The first-order valence-electron chi connectivity index (χ1n) is 8.38. The molecule has 0 amide bonds. The quantitative estimate of drug-likeness (QED) is 0.828. The van der Waals surface area contributed by atoms with Gasteiger partial charge in [-0.1, -0.05) is 48.5 Å². The van der Waals surface area contributed by atoms with Gasteiger partial charge in [-0.05, 0) is 61.5 Å². The second kappa shape index (κ2) is 7.60. The second-order valence-electron chi connectivity index (χ2n) is 6.37. The van der Waals surface area contributed by atoms with Crippen molar-refractivity contribution >= 4 is 23.0 Å². The number of hydrogen-bond donors (Lipinski definition) is 1. The Morgan fingerprint density at radius 2 is 1.70 bits per heavy atom. The number of aryl methyl sites for hydroxylation is 1. The Balaban J connectivity index is 1.50. The van der Waals surface area contributed by atoms with Gasteiger partial charge < -0.3 is 10.2 Å². The lowest BCUT2D eigenvalue weighted by Gasteiger charge is -2.34. The van der Waals surface area contributed by atoms with E-state index in [2.05, 4.69) is 65.7 Å². The normalized spacial score (nSPS) is 15.4. The number of nitrogens with one attached hydrogen (secondary N) is 1. The highest BCUT2D eigenvalue weighted by Crippen LogP contribution is 2.23. The van der Waals surface area contributed by atoms with Crippen molar-refractivity contribution in [1.29, 1.82) is 0 Å². The van der Waals surface area contributed by atoms with E-state index in [-0.39, 0.29) is 0 Å². The minimum atomic E-state index is 0.773. The van der Waals surface area contributed by atoms with Gasteiger partial charge in [0.05, 0.1) is 0 Å². The average Bonchev–Trinajstić information content (AvgIpc) is 2.58. The fourth-order valence-electron chi connectivity index (χ4n) is 3.20. The van der Waals surface area contributed by atoms with Gasteiger partial charge in [0.1, 0.15) is 0 Å². The van der Waals surface area contributed by atoms with Crippen molar-refractivity contribution in [1.82, 2.24) is 4.90 Å². The van der Waals surface area contributed by atoms with Crippen LogP contribution in [0.1, 0.15) is 24.0 Å². The van der Waals surface area contributed by atoms with Crippen LogP contribution in [0.2, 0.25) is 0 Å². The molecule has 0 unspecified atom stereocenters. The van der Waals surface area contributed by atoms with Gasteiger partial charge in [-0.25, -0.2) is 0 Å². The lowest BCUT2D eigenvalue weighted by atomic mass is 9.90. The molecule has 1 aliphatic heterocycles. The Labute approximate surface area is 144 Å². The van der Waals surface area contributed by atoms with Crippen molar-refractivity contribution < 1.29 is 0 Å². The maximum atomic E-state index is 5.60. The molecule has 1 heterocycles. The molecule has 0 atom stereocenters. The molecule has 0 radical (unpaired) electrons. The largest absolute Gasteiger partial charge is 0.349 e. The number of piperidine rings is 1. The molecule has 1 aliphatic rings. The predicted octanol–water partition coefficient (Wildman–Crippen LogP) is 4.65. The smallest absolute Gasteiger partial charge is 0.173 e. The Bertz CT molecular complexity index is 646. The van der Waals surface area contributed by atoms with Gasteiger partial charge in [0.2, 0.25) is 0 Å². The molecule has 0 saturated carbocycles. The van der Waals surface area contributed by atoms with Gasteiger partial charge in [0.15, 0.2) is 5.11 Å². The first-order chi connectivity index (χ1) is 11.2. The highest BCUT2D eigenvalue weighted by Gasteiger charge is 2.21. The molecule has 1 N–H and O–H groups in total. The predicted molar refractivity (Wildman–Crippen MR) is 102 cm³/mol. The van der Waals surface area contributed by atoms with E-state index >= 15 is 0 Å². The fourth-order valence-corrected chi connectivity index (χ4v) is 3.49. The standard InChI is InChI=1S/C20H24N2S/c1-16-7-5-6-10-19(16)21-20(23)22-13-11-18(12-14-22)15-17-8-3-2-4-9-17/h2-10,18H,11-15H2,1H3,(H,21,23). The molecule has 23 heavy (non-hydrogen) atoms. The molecule has 0 spiro atoms. The van der Waals surface area contributed by atoms with E-state index in [1.807, 2.05) is 6.07 Å². The Morgan fingerprint density at radius 3 is 2.39 bits per heavy atom. The molecule has 2 aromatic carbocycles. The molecular formula is C20H24N2S. The van der Waals surface area contributed by atoms with Crippen LogP contribution in [0.5, 0.6) is 0 Å². The second-order valence-corrected chi connectivity index (χ2v) is 6.75. The van der Waals surface area contributed by atoms with Crippen molar-refractivity contribution in [3.63, 3.8) is 0 Å². The van der Waals surface area contributed by atoms with Crippen LogP contribution in [0.4, 0.5) is 5.69 Å². The van der Waals surface area contributed by atoms with E-state index in [1.165, 1.54) is 30.4 Å². The monoisotopic (exact) mass is 324 g/mol. The maximum Gasteiger partial charge on any atom is 0.173 e. The number of rotatable bonds is 3. The minimum Gasteiger partial charge on any atom is -0.349 e. The van der Waals surface area contributed by atoms with Gasteiger partial charge in [-0.2, -0.15) is 0 Å². The lowest BCUT2D eigenvalue weighted by Crippen LogP contribution is -2.41. The number of thiocarbonyl (C=S) groups is 1. The van der Waals surface area contributed by atoms with Gasteiger partial charge in [0.25, 0.3) is 0 Å². The summed E-state index contributed by atoms with van der Waals surface area (Å²) in [5, 5.41) is 4.26. The molecule has 120 valence electrons. The topological polar surface area (TPSA) is 15.3 Å². The molecule has 3 heteroatoms. The van der Waals surface area contributed by atoms with Crippen LogP contribution in [0.3, 0.4) is 0 Å². The van der Waals surface area contributed by atoms with Crippen LogP contribution < -0.4 is 5.32 Å². The zero-order valence-electron chi connectivity index (χ0n) is 13.7. The van der Waals surface area contributed by atoms with E-state index in [0.29, 0.717) is 0 Å². The Hall–Kier alpha value is -1.87. The van der Waals surface area contributed by atoms with Crippen LogP contribution in [0, 0.1) is 12.8 Å². The maximum absolute atomic E-state index is 5.60. The Morgan fingerprint density at radius 1 is 1.04 bits per heavy atom. The average molecular weight is 324 g/mol. The first kappa shape index (κ1) is 16.0. The van der Waals surface area contributed by atoms with E-state index < -0.39 is 0 Å². The van der Waals surface area contributed by atoms with Crippen LogP contribution >= 0.6 is 12.2 Å². The fraction of sp³-hybridized carbons (Fsp3) is 0.350. The summed E-state index contributed by atoms with van der Waals surface area (Å²) in [4.78, 5) is 2.31. The highest BCUT2D eigenvalue weighted by molar-refractivity contribution is 7.80. The summed E-state index contributed by atoms with van der Waals surface area (Å²) in [7, 11) is 0. The van der Waals surface area contributed by atoms with Crippen LogP contribution in [-0.2, 0) is 6.42 Å². The molecule has 1 fully saturated rings. The number of para-hydroxylation sites is 1. The van der Waals surface area contributed by atoms with Crippen molar-refractivity contribution in [3.05, 3.63) is 65.7 Å². The number of nitrogens with zero attached hydrogens (tertiary/aromatic N) is 1. The summed E-state index contributed by atoms with van der Waals surface area (Å²) in [6.07, 6.45) is 3.61. The molecule has 0 aliphatic carbocycles. The van der Waals surface area contributed by atoms with Gasteiger partial charge in [0, 0.05) is 18.8 Å². The van der Waals surface area contributed by atoms with E-state index in [1.54, 1.807) is 0 Å². The third-order valence-electron chi connectivity index (χ3n) is 4.66. The van der Waals surface area contributed by atoms with E-state index in [9.17, 15) is 0 Å². The number of hydrogen-bond acceptors (Lipinski definition) is 1. The molecule has 0 bridgehead atoms.